The van der Waals surface area contributed by atoms with E-state index in [1.165, 1.54) is 6.92 Å². The van der Waals surface area contributed by atoms with Crippen LogP contribution in [-0.4, -0.2) is 180 Å². The van der Waals surface area contributed by atoms with Crippen molar-refractivity contribution in [2.24, 2.45) is 29.4 Å². The number of carbonyl (C=O) groups is 9. The Hall–Kier alpha value is -5.12. The standard InChI is InChI=1S/C52H79N9O14S3/c1-8-27(4)46-50(72)56-21-44(68)57-38-25-78(74)51-36(35-10-9-34(20-37(35)58-51)75-14-12-29(6)77-76-28(5)11-13-54-26(2)3)15-31(48(70)55-22-45(69)59-46)16-41(65)47(30(7)42(66)24-62)60-49(71)39-19-33(63)23-61(39)52(73)32(17-40(38)64)18-43(53)67/h9-10,20,26-33,38-39,42,46-47,54,58,62-63,66H,8,11-19,21-25H2,1-7H3,(H2,53,67)(H,55,70)(H,56,72)(H,57,68)(H,59,69)(H,60,71)/t27-,28?,29?,30-,31+,32-,33?,38?,39-,42-,46-,47-,78+/m0/s1. The summed E-state index contributed by atoms with van der Waals surface area (Å²) in [6.07, 6.45) is -3.74. The summed E-state index contributed by atoms with van der Waals surface area (Å²) >= 11 is 0. The summed E-state index contributed by atoms with van der Waals surface area (Å²) in [5.41, 5.74) is 6.22. The summed E-state index contributed by atoms with van der Waals surface area (Å²) in [4.78, 5) is 131. The van der Waals surface area contributed by atoms with Crippen molar-refractivity contribution >= 4 is 96.2 Å². The van der Waals surface area contributed by atoms with Crippen LogP contribution >= 0.6 is 21.6 Å². The maximum atomic E-state index is 15.1. The summed E-state index contributed by atoms with van der Waals surface area (Å²) in [6, 6.07) is -0.606. The molecule has 0 aliphatic carbocycles. The number of aliphatic hydroxyl groups is 3. The molecule has 23 nitrogen and oxygen atoms in total. The smallest absolute Gasteiger partial charge is 0.243 e. The lowest BCUT2D eigenvalue weighted by molar-refractivity contribution is -0.145. The van der Waals surface area contributed by atoms with Gasteiger partial charge in [0.1, 0.15) is 22.9 Å². The third-order valence-electron chi connectivity index (χ3n) is 14.4. The van der Waals surface area contributed by atoms with E-state index < -0.39 is 175 Å². The number of ether oxygens (including phenoxy) is 1. The minimum absolute atomic E-state index is 0.0311. The van der Waals surface area contributed by atoms with E-state index in [9.17, 15) is 58.5 Å². The van der Waals surface area contributed by atoms with Gasteiger partial charge in [-0.05, 0) is 49.4 Å². The quantitative estimate of drug-likeness (QED) is 0.0866. The van der Waals surface area contributed by atoms with Gasteiger partial charge >= 0.3 is 0 Å². The molecule has 4 unspecified atom stereocenters. The van der Waals surface area contributed by atoms with Crippen molar-refractivity contribution in [2.45, 2.75) is 158 Å². The van der Waals surface area contributed by atoms with Crippen molar-refractivity contribution in [1.82, 2.24) is 41.8 Å². The Labute approximate surface area is 465 Å². The first-order valence-electron chi connectivity index (χ1n) is 26.7. The first-order valence-corrected chi connectivity index (χ1v) is 30.3. The van der Waals surface area contributed by atoms with Gasteiger partial charge in [0.05, 0.1) is 78.6 Å². The number of hydrogen-bond donors (Lipinski definition) is 11. The molecular formula is C52H79N9O14S3. The number of carbonyl (C=O) groups excluding carboxylic acids is 9. The first-order chi connectivity index (χ1) is 36.9. The fourth-order valence-corrected chi connectivity index (χ4v) is 13.5. The van der Waals surface area contributed by atoms with Gasteiger partial charge in [-0.3, -0.25) is 47.4 Å². The Kier molecular flexibility index (Phi) is 24.4. The molecule has 1 aromatic heterocycles. The van der Waals surface area contributed by atoms with Crippen LogP contribution in [0.25, 0.3) is 10.9 Å². The van der Waals surface area contributed by atoms with E-state index in [1.54, 1.807) is 42.8 Å². The number of aromatic nitrogens is 1. The predicted molar refractivity (Wildman–Crippen MR) is 295 cm³/mol. The first kappa shape index (κ1) is 63.7. The molecule has 26 heteroatoms. The topological polar surface area (TPSA) is 358 Å². The molecule has 0 saturated carbocycles. The number of nitrogens with two attached hydrogens (primary N) is 1. The van der Waals surface area contributed by atoms with Crippen molar-refractivity contribution in [2.75, 3.05) is 45.1 Å². The fraction of sp³-hybridized carbons (Fsp3) is 0.673. The van der Waals surface area contributed by atoms with E-state index in [2.05, 4.69) is 64.6 Å². The number of amides is 7. The van der Waals surface area contributed by atoms with Crippen molar-refractivity contribution in [3.8, 4) is 5.75 Å². The van der Waals surface area contributed by atoms with Gasteiger partial charge in [-0.25, -0.2) is 0 Å². The zero-order valence-electron chi connectivity index (χ0n) is 45.4. The number of fused-ring (bicyclic) bond motifs is 5. The van der Waals surface area contributed by atoms with E-state index in [0.717, 1.165) is 17.9 Å². The molecule has 1 fully saturated rings. The van der Waals surface area contributed by atoms with Crippen molar-refractivity contribution in [3.63, 3.8) is 0 Å². The van der Waals surface area contributed by atoms with Crippen molar-refractivity contribution in [3.05, 3.63) is 23.8 Å². The summed E-state index contributed by atoms with van der Waals surface area (Å²) in [5, 5.41) is 49.1. The minimum Gasteiger partial charge on any atom is -0.493 e. The zero-order valence-corrected chi connectivity index (χ0v) is 47.9. The summed E-state index contributed by atoms with van der Waals surface area (Å²) in [7, 11) is 1.29. The summed E-state index contributed by atoms with van der Waals surface area (Å²) < 4.78 is 21.3. The Morgan fingerprint density at radius 2 is 1.54 bits per heavy atom. The van der Waals surface area contributed by atoms with Crippen LogP contribution in [0.2, 0.25) is 0 Å². The number of aliphatic hydroxyl groups excluding tert-OH is 3. The number of nitrogens with one attached hydrogen (secondary N) is 7. The molecule has 3 aliphatic heterocycles. The highest BCUT2D eigenvalue weighted by molar-refractivity contribution is 8.77. The lowest BCUT2D eigenvalue weighted by atomic mass is 9.85. The maximum Gasteiger partial charge on any atom is 0.243 e. The molecule has 13 atom stereocenters. The number of nitrogens with zero attached hydrogens (tertiary/aromatic N) is 1. The number of benzene rings is 1. The van der Waals surface area contributed by atoms with Crippen molar-refractivity contribution < 1.29 is 67.4 Å². The molecule has 5 rings (SSSR count). The third-order valence-corrected chi connectivity index (χ3v) is 19.4. The summed E-state index contributed by atoms with van der Waals surface area (Å²) in [6.45, 7) is 11.9. The molecule has 2 aromatic rings. The van der Waals surface area contributed by atoms with Crippen LogP contribution in [0.1, 0.15) is 99.0 Å². The van der Waals surface area contributed by atoms with Crippen LogP contribution in [0.4, 0.5) is 0 Å². The van der Waals surface area contributed by atoms with Crippen LogP contribution in [0.15, 0.2) is 23.2 Å². The highest BCUT2D eigenvalue weighted by Gasteiger charge is 2.45. The van der Waals surface area contributed by atoms with Gasteiger partial charge in [-0.15, -0.1) is 0 Å². The average molecular weight is 1150 g/mol. The molecule has 4 heterocycles. The van der Waals surface area contributed by atoms with Crippen LogP contribution in [-0.2, 0) is 60.4 Å². The summed E-state index contributed by atoms with van der Waals surface area (Å²) in [5.74, 6) is -13.0. The normalized spacial score (nSPS) is 26.6. The number of hydrogen-bond acceptors (Lipinski definition) is 17. The van der Waals surface area contributed by atoms with E-state index in [4.69, 9.17) is 10.5 Å². The maximum absolute atomic E-state index is 15.1. The Balaban J connectivity index is 1.64. The predicted octanol–water partition coefficient (Wildman–Crippen LogP) is -0.129. The molecular weight excluding hydrogens is 1070 g/mol. The van der Waals surface area contributed by atoms with E-state index in [0.29, 0.717) is 47.4 Å². The second-order valence-corrected chi connectivity index (χ2v) is 25.7. The molecule has 1 aromatic carbocycles. The lowest BCUT2D eigenvalue weighted by Gasteiger charge is -2.32. The molecule has 78 heavy (non-hydrogen) atoms. The molecule has 0 radical (unpaired) electrons. The molecule has 3 aliphatic rings. The van der Waals surface area contributed by atoms with Crippen LogP contribution in [0, 0.1) is 23.7 Å². The largest absolute Gasteiger partial charge is 0.493 e. The van der Waals surface area contributed by atoms with Gasteiger partial charge in [0.2, 0.25) is 41.4 Å². The Morgan fingerprint density at radius 1 is 0.872 bits per heavy atom. The highest BCUT2D eigenvalue weighted by atomic mass is 33.1. The fourth-order valence-electron chi connectivity index (χ4n) is 9.54. The van der Waals surface area contributed by atoms with Crippen LogP contribution in [0.3, 0.4) is 0 Å². The lowest BCUT2D eigenvalue weighted by Crippen LogP contribution is -2.56. The third kappa shape index (κ3) is 17.9. The Bertz CT molecular complexity index is 2510. The highest BCUT2D eigenvalue weighted by Crippen LogP contribution is 2.35. The second-order valence-electron chi connectivity index (χ2n) is 21.1. The SMILES string of the molecule is CC[C@H](C)[C@@H]1NC(=O)CNC(=O)[C@H]2CC(=O)[C@H]([C@@H](C)[C@@H](O)CO)NC(=O)[C@@H]3CC(O)CN3C(=O)[C@H](CC(N)=O)CC(=O)C(C[S@@](=O)c3[nH]c4cc(OCCC(C)SSC(C)CCNC(C)C)ccc4c3C2)NC(=O)CNC1=O. The number of Topliss-reactive ketones (excluding diaryl/α,β-unsaturated/α-hetero) is 2. The van der Waals surface area contributed by atoms with Crippen LogP contribution < -0.4 is 42.4 Å². The van der Waals surface area contributed by atoms with Gasteiger partial charge in [-0.1, -0.05) is 76.5 Å². The molecule has 1 saturated heterocycles. The monoisotopic (exact) mass is 1150 g/mol. The van der Waals surface area contributed by atoms with Gasteiger partial charge in [0.25, 0.3) is 0 Å². The zero-order chi connectivity index (χ0) is 57.5. The number of aromatic amines is 1. The van der Waals surface area contributed by atoms with E-state index in [-0.39, 0.29) is 28.7 Å². The van der Waals surface area contributed by atoms with Crippen molar-refractivity contribution in [1.29, 1.82) is 0 Å². The molecule has 0 spiro atoms. The van der Waals surface area contributed by atoms with Crippen LogP contribution in [0.5, 0.6) is 5.75 Å². The van der Waals surface area contributed by atoms with E-state index in [1.807, 2.05) is 10.8 Å². The molecule has 12 N–H and O–H groups in total. The average Bonchev–Trinajstić information content (AvgIpc) is 3.97. The van der Waals surface area contributed by atoms with Gasteiger partial charge in [-0.2, -0.15) is 0 Å². The number of rotatable bonds is 18. The minimum atomic E-state index is -2.31. The molecule has 7 amide bonds. The Morgan fingerprint density at radius 3 is 2.19 bits per heavy atom. The molecule has 2 bridgehead atoms. The number of ketones is 2. The van der Waals surface area contributed by atoms with Gasteiger partial charge in [0.15, 0.2) is 11.6 Å². The second kappa shape index (κ2) is 29.9. The van der Waals surface area contributed by atoms with Gasteiger partial charge < -0.3 is 67.6 Å². The number of primary amides is 1. The molecule has 434 valence electrons. The van der Waals surface area contributed by atoms with Gasteiger partial charge in [0, 0.05) is 72.1 Å². The number of H-pyrrole nitrogens is 1. The van der Waals surface area contributed by atoms with E-state index >= 15 is 4.21 Å².